The number of ether oxygens (including phenoxy) is 1. The Kier molecular flexibility index (Phi) is 4.55. The number of carbonyl (C=O) groups excluding carboxylic acids is 1. The summed E-state index contributed by atoms with van der Waals surface area (Å²) in [5, 5.41) is 20.0. The molecule has 1 saturated heterocycles. The minimum atomic E-state index is -1.14. The van der Waals surface area contributed by atoms with Gasteiger partial charge in [0.05, 0.1) is 11.7 Å². The Morgan fingerprint density at radius 1 is 1.17 bits per heavy atom. The number of amides is 1. The number of hydrogen-bond donors (Lipinski definition) is 2. The molecular formula is C19H21NO4. The summed E-state index contributed by atoms with van der Waals surface area (Å²) in [5.41, 5.74) is -0.646. The number of likely N-dealkylation sites (tertiary alicyclic amines) is 1. The Labute approximate surface area is 141 Å². The summed E-state index contributed by atoms with van der Waals surface area (Å²) in [6.07, 6.45) is -0.598. The van der Waals surface area contributed by atoms with Crippen LogP contribution in [0.4, 0.5) is 0 Å². The fourth-order valence-electron chi connectivity index (χ4n) is 2.71. The molecular weight excluding hydrogens is 306 g/mol. The van der Waals surface area contributed by atoms with Crippen LogP contribution in [0.15, 0.2) is 54.6 Å². The second-order valence-corrected chi connectivity index (χ2v) is 6.32. The van der Waals surface area contributed by atoms with Crippen molar-refractivity contribution in [2.75, 3.05) is 13.1 Å². The lowest BCUT2D eigenvalue weighted by Gasteiger charge is -2.39. The van der Waals surface area contributed by atoms with Crippen molar-refractivity contribution < 1.29 is 19.7 Å². The maximum absolute atomic E-state index is 12.6. The smallest absolute Gasteiger partial charge is 0.254 e. The van der Waals surface area contributed by atoms with Crippen LogP contribution in [-0.4, -0.2) is 45.8 Å². The van der Waals surface area contributed by atoms with Gasteiger partial charge in [0.25, 0.3) is 5.91 Å². The van der Waals surface area contributed by atoms with E-state index in [2.05, 4.69) is 0 Å². The fraction of sp³-hybridized carbons (Fsp3) is 0.316. The topological polar surface area (TPSA) is 70.0 Å². The van der Waals surface area contributed by atoms with Crippen molar-refractivity contribution in [3.63, 3.8) is 0 Å². The number of hydrogen-bond acceptors (Lipinski definition) is 4. The first-order chi connectivity index (χ1) is 11.5. The Morgan fingerprint density at radius 3 is 2.58 bits per heavy atom. The number of carbonyl (C=O) groups is 1. The van der Waals surface area contributed by atoms with Crippen LogP contribution in [0.2, 0.25) is 0 Å². The van der Waals surface area contributed by atoms with E-state index in [0.29, 0.717) is 30.0 Å². The van der Waals surface area contributed by atoms with Crippen molar-refractivity contribution in [3.8, 4) is 11.5 Å². The van der Waals surface area contributed by atoms with E-state index in [4.69, 9.17) is 4.74 Å². The molecule has 1 amide bonds. The molecule has 2 atom stereocenters. The number of rotatable bonds is 3. The zero-order valence-electron chi connectivity index (χ0n) is 13.6. The summed E-state index contributed by atoms with van der Waals surface area (Å²) < 4.78 is 5.75. The van der Waals surface area contributed by atoms with Crippen molar-refractivity contribution in [1.82, 2.24) is 4.90 Å². The van der Waals surface area contributed by atoms with Crippen LogP contribution in [-0.2, 0) is 0 Å². The summed E-state index contributed by atoms with van der Waals surface area (Å²) >= 11 is 0. The number of piperidine rings is 1. The zero-order valence-corrected chi connectivity index (χ0v) is 13.6. The molecule has 2 aromatic rings. The maximum atomic E-state index is 12.6. The molecule has 1 aliphatic heterocycles. The summed E-state index contributed by atoms with van der Waals surface area (Å²) in [4.78, 5) is 14.2. The Morgan fingerprint density at radius 2 is 1.88 bits per heavy atom. The van der Waals surface area contributed by atoms with Gasteiger partial charge in [-0.25, -0.2) is 0 Å². The quantitative estimate of drug-likeness (QED) is 0.908. The molecule has 126 valence electrons. The predicted molar refractivity (Wildman–Crippen MR) is 90.1 cm³/mol. The second-order valence-electron chi connectivity index (χ2n) is 6.32. The maximum Gasteiger partial charge on any atom is 0.254 e. The third kappa shape index (κ3) is 3.58. The van der Waals surface area contributed by atoms with Crippen molar-refractivity contribution >= 4 is 5.91 Å². The summed E-state index contributed by atoms with van der Waals surface area (Å²) in [5.74, 6) is 1.10. The SMILES string of the molecule is C[C@]1(O)CCN(C(=O)c2cccc(Oc3ccccc3)c2)C[C@@H]1O. The van der Waals surface area contributed by atoms with Crippen LogP contribution in [0, 0.1) is 0 Å². The highest BCUT2D eigenvalue weighted by Crippen LogP contribution is 2.25. The van der Waals surface area contributed by atoms with Crippen molar-refractivity contribution in [2.45, 2.75) is 25.0 Å². The van der Waals surface area contributed by atoms with Gasteiger partial charge in [0.2, 0.25) is 0 Å². The number of para-hydroxylation sites is 1. The molecule has 2 aromatic carbocycles. The fourth-order valence-corrected chi connectivity index (χ4v) is 2.71. The Balaban J connectivity index is 1.73. The van der Waals surface area contributed by atoms with Crippen molar-refractivity contribution in [1.29, 1.82) is 0 Å². The standard InChI is InChI=1S/C19H21NO4/c1-19(23)10-11-20(13-17(19)21)18(22)14-6-5-9-16(12-14)24-15-7-3-2-4-8-15/h2-9,12,17,21,23H,10-11,13H2,1H3/t17-,19-/m0/s1. The van der Waals surface area contributed by atoms with E-state index in [1.165, 1.54) is 0 Å². The molecule has 0 bridgehead atoms. The molecule has 0 spiro atoms. The molecule has 5 heteroatoms. The van der Waals surface area contributed by atoms with Crippen LogP contribution in [0.1, 0.15) is 23.7 Å². The van der Waals surface area contributed by atoms with Gasteiger partial charge >= 0.3 is 0 Å². The van der Waals surface area contributed by atoms with E-state index >= 15 is 0 Å². The third-order valence-corrected chi connectivity index (χ3v) is 4.35. The van der Waals surface area contributed by atoms with Crippen molar-refractivity contribution in [2.24, 2.45) is 0 Å². The lowest BCUT2D eigenvalue weighted by Crippen LogP contribution is -2.55. The monoisotopic (exact) mass is 327 g/mol. The highest BCUT2D eigenvalue weighted by atomic mass is 16.5. The first kappa shape index (κ1) is 16.5. The van der Waals surface area contributed by atoms with Gasteiger partial charge in [-0.15, -0.1) is 0 Å². The first-order valence-corrected chi connectivity index (χ1v) is 7.98. The van der Waals surface area contributed by atoms with Crippen LogP contribution >= 0.6 is 0 Å². The van der Waals surface area contributed by atoms with E-state index in [0.717, 1.165) is 0 Å². The predicted octanol–water partition coefficient (Wildman–Crippen LogP) is 2.44. The lowest BCUT2D eigenvalue weighted by molar-refractivity contribution is -0.0999. The average Bonchev–Trinajstić information content (AvgIpc) is 2.58. The van der Waals surface area contributed by atoms with Crippen LogP contribution in [0.5, 0.6) is 11.5 Å². The van der Waals surface area contributed by atoms with Gasteiger partial charge in [0.1, 0.15) is 11.5 Å². The second kappa shape index (κ2) is 6.63. The Hall–Kier alpha value is -2.37. The van der Waals surface area contributed by atoms with E-state index in [1.54, 1.807) is 36.1 Å². The van der Waals surface area contributed by atoms with Crippen LogP contribution < -0.4 is 4.74 Å². The van der Waals surface area contributed by atoms with Crippen LogP contribution in [0.3, 0.4) is 0 Å². The minimum absolute atomic E-state index is 0.121. The van der Waals surface area contributed by atoms with Gasteiger partial charge in [-0.3, -0.25) is 4.79 Å². The van der Waals surface area contributed by atoms with E-state index in [1.807, 2.05) is 30.3 Å². The van der Waals surface area contributed by atoms with Crippen molar-refractivity contribution in [3.05, 3.63) is 60.2 Å². The van der Waals surface area contributed by atoms with Gasteiger partial charge in [0, 0.05) is 18.7 Å². The number of β-amino-alcohol motifs (C(OH)–C–C–N with tert-alkyl or cyclic N) is 1. The molecule has 1 fully saturated rings. The van der Waals surface area contributed by atoms with E-state index < -0.39 is 11.7 Å². The summed E-state index contributed by atoms with van der Waals surface area (Å²) in [6, 6.07) is 16.3. The van der Waals surface area contributed by atoms with Gasteiger partial charge in [-0.05, 0) is 43.7 Å². The minimum Gasteiger partial charge on any atom is -0.457 e. The van der Waals surface area contributed by atoms with Crippen LogP contribution in [0.25, 0.3) is 0 Å². The van der Waals surface area contributed by atoms with Gasteiger partial charge in [-0.2, -0.15) is 0 Å². The highest BCUT2D eigenvalue weighted by molar-refractivity contribution is 5.94. The molecule has 2 N–H and O–H groups in total. The Bertz CT molecular complexity index is 714. The molecule has 1 heterocycles. The normalized spacial score (nSPS) is 23.8. The largest absolute Gasteiger partial charge is 0.457 e. The average molecular weight is 327 g/mol. The molecule has 3 rings (SSSR count). The molecule has 0 radical (unpaired) electrons. The molecule has 0 saturated carbocycles. The summed E-state index contributed by atoms with van der Waals surface area (Å²) in [7, 11) is 0. The number of aliphatic hydroxyl groups is 2. The number of aliphatic hydroxyl groups excluding tert-OH is 1. The number of nitrogens with zero attached hydrogens (tertiary/aromatic N) is 1. The molecule has 0 unspecified atom stereocenters. The molecule has 24 heavy (non-hydrogen) atoms. The third-order valence-electron chi connectivity index (χ3n) is 4.35. The van der Waals surface area contributed by atoms with Gasteiger partial charge < -0.3 is 19.8 Å². The van der Waals surface area contributed by atoms with E-state index in [9.17, 15) is 15.0 Å². The molecule has 5 nitrogen and oxygen atoms in total. The highest BCUT2D eigenvalue weighted by Gasteiger charge is 2.38. The zero-order chi connectivity index (χ0) is 17.2. The lowest BCUT2D eigenvalue weighted by atomic mass is 9.90. The van der Waals surface area contributed by atoms with E-state index in [-0.39, 0.29) is 12.5 Å². The van der Waals surface area contributed by atoms with Gasteiger partial charge in [0.15, 0.2) is 0 Å². The number of benzene rings is 2. The molecule has 1 aliphatic rings. The molecule has 0 aromatic heterocycles. The molecule has 0 aliphatic carbocycles. The van der Waals surface area contributed by atoms with Gasteiger partial charge in [-0.1, -0.05) is 24.3 Å². The first-order valence-electron chi connectivity index (χ1n) is 7.98. The summed E-state index contributed by atoms with van der Waals surface area (Å²) in [6.45, 7) is 2.12.